The Hall–Kier alpha value is -2.31. The number of hydrogen-bond donors (Lipinski definition) is 0. The molecule has 3 heteroatoms. The van der Waals surface area contributed by atoms with Crippen LogP contribution in [0.5, 0.6) is 0 Å². The largest absolute Gasteiger partial charge is 0.378 e. The van der Waals surface area contributed by atoms with Crippen LogP contribution in [0.3, 0.4) is 0 Å². The third-order valence-corrected chi connectivity index (χ3v) is 6.98. The van der Waals surface area contributed by atoms with Gasteiger partial charge in [0.25, 0.3) is 0 Å². The zero-order valence-electron chi connectivity index (χ0n) is 16.3. The van der Waals surface area contributed by atoms with Crippen molar-refractivity contribution in [2.75, 3.05) is 38.0 Å². The summed E-state index contributed by atoms with van der Waals surface area (Å²) in [5, 5.41) is 4.15. The summed E-state index contributed by atoms with van der Waals surface area (Å²) in [7, 11) is 7.77. The van der Waals surface area contributed by atoms with E-state index in [1.165, 1.54) is 32.9 Å². The third kappa shape index (κ3) is 4.08. The van der Waals surface area contributed by atoms with Crippen molar-refractivity contribution in [3.05, 3.63) is 78.4 Å². The fraction of sp³-hybridized carbons (Fsp3) is 0.217. The molecule has 0 fully saturated rings. The van der Waals surface area contributed by atoms with Gasteiger partial charge >= 0.3 is 0 Å². The molecule has 0 aliphatic carbocycles. The average Bonchev–Trinajstić information content (AvgIpc) is 2.64. The number of hydrogen-bond acceptors (Lipinski definition) is 2. The van der Waals surface area contributed by atoms with Crippen LogP contribution in [0, 0.1) is 6.92 Å². The lowest BCUT2D eigenvalue weighted by atomic mass is 10.2. The Labute approximate surface area is 158 Å². The van der Waals surface area contributed by atoms with Crippen molar-refractivity contribution in [3.63, 3.8) is 0 Å². The molecule has 0 N–H and O–H groups in total. The summed E-state index contributed by atoms with van der Waals surface area (Å²) in [4.78, 5) is 4.29. The summed E-state index contributed by atoms with van der Waals surface area (Å²) in [6.45, 7) is 2.14. The van der Waals surface area contributed by atoms with Crippen molar-refractivity contribution in [2.24, 2.45) is 0 Å². The molecular weight excluding hydrogens is 335 g/mol. The van der Waals surface area contributed by atoms with Crippen LogP contribution in [0.25, 0.3) is 0 Å². The monoisotopic (exact) mass is 362 g/mol. The van der Waals surface area contributed by atoms with E-state index in [4.69, 9.17) is 0 Å². The first-order valence-corrected chi connectivity index (χ1v) is 10.2. The van der Waals surface area contributed by atoms with Gasteiger partial charge in [0.15, 0.2) is 0 Å². The molecule has 3 aromatic carbocycles. The van der Waals surface area contributed by atoms with Gasteiger partial charge in [-0.2, -0.15) is 0 Å². The highest BCUT2D eigenvalue weighted by Crippen LogP contribution is 2.34. The summed E-state index contributed by atoms with van der Waals surface area (Å²) in [6.07, 6.45) is 0. The van der Waals surface area contributed by atoms with Crippen LogP contribution in [0.15, 0.2) is 72.8 Å². The summed E-state index contributed by atoms with van der Waals surface area (Å²) in [6, 6.07) is 27.0. The van der Waals surface area contributed by atoms with E-state index in [2.05, 4.69) is 118 Å². The minimum atomic E-state index is -0.559. The maximum atomic E-state index is 2.28. The third-order valence-electron chi connectivity index (χ3n) is 4.54. The first kappa shape index (κ1) is 18.5. The second kappa shape index (κ2) is 7.93. The Morgan fingerprint density at radius 1 is 0.500 bits per heavy atom. The van der Waals surface area contributed by atoms with Crippen molar-refractivity contribution < 1.29 is 0 Å². The van der Waals surface area contributed by atoms with Gasteiger partial charge in [-0.05, 0) is 55.0 Å². The first-order chi connectivity index (χ1) is 12.5. The Morgan fingerprint density at radius 2 is 0.808 bits per heavy atom. The van der Waals surface area contributed by atoms with Gasteiger partial charge in [-0.25, -0.2) is 0 Å². The van der Waals surface area contributed by atoms with E-state index in [9.17, 15) is 0 Å². The molecule has 0 aliphatic rings. The quantitative estimate of drug-likeness (QED) is 0.636. The Bertz CT molecular complexity index is 783. The normalized spacial score (nSPS) is 10.8. The van der Waals surface area contributed by atoms with Gasteiger partial charge in [-0.1, -0.05) is 54.1 Å². The van der Waals surface area contributed by atoms with Gasteiger partial charge in [0.1, 0.15) is 0 Å². The summed E-state index contributed by atoms with van der Waals surface area (Å²) in [5.74, 6) is 0. The molecule has 0 aromatic heterocycles. The zero-order valence-corrected chi connectivity index (χ0v) is 17.2. The molecule has 0 bridgehead atoms. The van der Waals surface area contributed by atoms with Crippen LogP contribution in [-0.4, -0.2) is 28.2 Å². The van der Waals surface area contributed by atoms with Gasteiger partial charge in [0, 0.05) is 39.6 Å². The van der Waals surface area contributed by atoms with Crippen LogP contribution >= 0.6 is 7.92 Å². The summed E-state index contributed by atoms with van der Waals surface area (Å²) in [5.41, 5.74) is 3.76. The van der Waals surface area contributed by atoms with E-state index in [1.807, 2.05) is 0 Å². The van der Waals surface area contributed by atoms with Crippen LogP contribution < -0.4 is 25.7 Å². The standard InChI is InChI=1S/C23H27N2P/c1-18-6-12-21(13-7-18)26(22-14-8-19(9-15-22)24(2)3)23-16-10-20(11-17-23)25(4)5/h6-17H,1-5H3. The van der Waals surface area contributed by atoms with Gasteiger partial charge < -0.3 is 9.80 Å². The first-order valence-electron chi connectivity index (χ1n) is 8.87. The lowest BCUT2D eigenvalue weighted by molar-refractivity contribution is 1.13. The Morgan fingerprint density at radius 3 is 1.12 bits per heavy atom. The van der Waals surface area contributed by atoms with E-state index in [0.717, 1.165) is 0 Å². The maximum Gasteiger partial charge on any atom is 0.0361 e. The molecule has 0 saturated carbocycles. The molecule has 0 unspecified atom stereocenters. The smallest absolute Gasteiger partial charge is 0.0361 e. The molecule has 0 heterocycles. The van der Waals surface area contributed by atoms with E-state index < -0.39 is 7.92 Å². The summed E-state index contributed by atoms with van der Waals surface area (Å²) < 4.78 is 0. The molecule has 0 aliphatic heterocycles. The van der Waals surface area contributed by atoms with Gasteiger partial charge in [0.05, 0.1) is 0 Å². The van der Waals surface area contributed by atoms with Crippen LogP contribution in [0.1, 0.15) is 5.56 Å². The number of rotatable bonds is 5. The highest BCUT2D eigenvalue weighted by molar-refractivity contribution is 7.79. The fourth-order valence-electron chi connectivity index (χ4n) is 2.94. The molecule has 26 heavy (non-hydrogen) atoms. The molecule has 3 rings (SSSR count). The number of anilines is 2. The van der Waals surface area contributed by atoms with E-state index in [0.29, 0.717) is 0 Å². The predicted molar refractivity (Wildman–Crippen MR) is 119 cm³/mol. The molecule has 0 saturated heterocycles. The maximum absolute atomic E-state index is 2.28. The van der Waals surface area contributed by atoms with E-state index in [1.54, 1.807) is 0 Å². The van der Waals surface area contributed by atoms with Gasteiger partial charge in [-0.15, -0.1) is 0 Å². The van der Waals surface area contributed by atoms with Crippen molar-refractivity contribution in [3.8, 4) is 0 Å². The lowest BCUT2D eigenvalue weighted by Gasteiger charge is -2.22. The topological polar surface area (TPSA) is 6.48 Å². The van der Waals surface area contributed by atoms with Gasteiger partial charge in [-0.3, -0.25) is 0 Å². The molecule has 0 atom stereocenters. The second-order valence-corrected chi connectivity index (χ2v) is 9.21. The highest BCUT2D eigenvalue weighted by atomic mass is 31.1. The molecule has 134 valence electrons. The van der Waals surface area contributed by atoms with Gasteiger partial charge in [0.2, 0.25) is 0 Å². The molecule has 3 aromatic rings. The van der Waals surface area contributed by atoms with E-state index >= 15 is 0 Å². The molecular formula is C23H27N2P. The minimum Gasteiger partial charge on any atom is -0.378 e. The number of aryl methyl sites for hydroxylation is 1. The predicted octanol–water partition coefficient (Wildman–Crippen LogP) is 3.89. The summed E-state index contributed by atoms with van der Waals surface area (Å²) >= 11 is 0. The Balaban J connectivity index is 2.05. The fourth-order valence-corrected chi connectivity index (χ4v) is 5.18. The SMILES string of the molecule is Cc1ccc(P(c2ccc(N(C)C)cc2)c2ccc(N(C)C)cc2)cc1. The second-order valence-electron chi connectivity index (χ2n) is 6.99. The van der Waals surface area contributed by atoms with E-state index in [-0.39, 0.29) is 0 Å². The van der Waals surface area contributed by atoms with Crippen molar-refractivity contribution >= 4 is 35.2 Å². The number of benzene rings is 3. The number of nitrogens with zero attached hydrogens (tertiary/aromatic N) is 2. The van der Waals surface area contributed by atoms with Crippen LogP contribution in [0.4, 0.5) is 11.4 Å². The van der Waals surface area contributed by atoms with Crippen LogP contribution in [-0.2, 0) is 0 Å². The molecule has 0 radical (unpaired) electrons. The van der Waals surface area contributed by atoms with Crippen molar-refractivity contribution in [1.29, 1.82) is 0 Å². The molecule has 0 amide bonds. The molecule has 2 nitrogen and oxygen atoms in total. The molecule has 0 spiro atoms. The van der Waals surface area contributed by atoms with Crippen molar-refractivity contribution in [2.45, 2.75) is 6.92 Å². The van der Waals surface area contributed by atoms with Crippen molar-refractivity contribution in [1.82, 2.24) is 0 Å². The zero-order chi connectivity index (χ0) is 18.7. The minimum absolute atomic E-state index is 0.559. The average molecular weight is 362 g/mol. The Kier molecular flexibility index (Phi) is 5.64. The highest BCUT2D eigenvalue weighted by Gasteiger charge is 2.16. The lowest BCUT2D eigenvalue weighted by Crippen LogP contribution is -2.21. The van der Waals surface area contributed by atoms with Crippen LogP contribution in [0.2, 0.25) is 0 Å².